The summed E-state index contributed by atoms with van der Waals surface area (Å²) >= 11 is 0. The van der Waals surface area contributed by atoms with Gasteiger partial charge in [-0.3, -0.25) is 4.79 Å². The lowest BCUT2D eigenvalue weighted by molar-refractivity contribution is -0.115. The van der Waals surface area contributed by atoms with Gasteiger partial charge in [0.2, 0.25) is 0 Å². The molecule has 0 saturated carbocycles. The number of benzene rings is 1. The zero-order chi connectivity index (χ0) is 18.7. The average Bonchev–Trinajstić information content (AvgIpc) is 3.34. The lowest BCUT2D eigenvalue weighted by Crippen LogP contribution is -2.38. The first kappa shape index (κ1) is 17.5. The number of hydrogen-bond acceptors (Lipinski definition) is 5. The molecule has 0 bridgehead atoms. The maximum absolute atomic E-state index is 12.5. The van der Waals surface area contributed by atoms with E-state index in [0.29, 0.717) is 25.2 Å². The fourth-order valence-electron chi connectivity index (χ4n) is 3.69. The first-order valence-corrected chi connectivity index (χ1v) is 9.39. The van der Waals surface area contributed by atoms with Crippen LogP contribution in [0.25, 0.3) is 0 Å². The Morgan fingerprint density at radius 3 is 2.85 bits per heavy atom. The van der Waals surface area contributed by atoms with E-state index in [1.165, 1.54) is 5.56 Å². The Bertz CT molecular complexity index is 825. The number of oxime groups is 1. The topological polar surface area (TPSA) is 66.8 Å². The molecule has 1 saturated heterocycles. The molecule has 0 aliphatic carbocycles. The maximum Gasteiger partial charge on any atom is 0.269 e. The summed E-state index contributed by atoms with van der Waals surface area (Å²) in [6.45, 7) is 4.23. The largest absolute Gasteiger partial charge is 0.386 e. The van der Waals surface area contributed by atoms with Crippen molar-refractivity contribution in [2.24, 2.45) is 5.16 Å². The molecular formula is C21H24N4O2. The monoisotopic (exact) mass is 364 g/mol. The molecule has 27 heavy (non-hydrogen) atoms. The highest BCUT2D eigenvalue weighted by molar-refractivity contribution is 6.39. The van der Waals surface area contributed by atoms with Crippen LogP contribution in [-0.2, 0) is 9.63 Å². The molecule has 1 amide bonds. The number of hydrogen-bond donors (Lipinski definition) is 1. The Hall–Kier alpha value is -2.89. The molecule has 6 nitrogen and oxygen atoms in total. The van der Waals surface area contributed by atoms with Gasteiger partial charge in [-0.25, -0.2) is 4.98 Å². The lowest BCUT2D eigenvalue weighted by Gasteiger charge is -2.22. The molecule has 1 aromatic heterocycles. The summed E-state index contributed by atoms with van der Waals surface area (Å²) in [6, 6.07) is 16.1. The van der Waals surface area contributed by atoms with E-state index < -0.39 is 5.60 Å². The number of amides is 1. The van der Waals surface area contributed by atoms with Gasteiger partial charge in [0, 0.05) is 32.1 Å². The summed E-state index contributed by atoms with van der Waals surface area (Å²) in [4.78, 5) is 24.8. The molecule has 2 aliphatic rings. The van der Waals surface area contributed by atoms with Gasteiger partial charge in [-0.15, -0.1) is 0 Å². The lowest BCUT2D eigenvalue weighted by atomic mass is 9.96. The molecule has 1 fully saturated rings. The van der Waals surface area contributed by atoms with E-state index in [4.69, 9.17) is 4.84 Å². The SMILES string of the molecule is CC(CNC(=O)C1=NOC2(CCN(c3ccccn3)C2)C1)c1ccccc1. The fraction of sp³-hybridized carbons (Fsp3) is 0.381. The smallest absolute Gasteiger partial charge is 0.269 e. The third-order valence-corrected chi connectivity index (χ3v) is 5.33. The molecule has 2 aromatic rings. The van der Waals surface area contributed by atoms with Crippen LogP contribution in [0.3, 0.4) is 0 Å². The molecule has 140 valence electrons. The number of aromatic nitrogens is 1. The van der Waals surface area contributed by atoms with Crippen LogP contribution in [0.15, 0.2) is 59.9 Å². The molecule has 1 aromatic carbocycles. The van der Waals surface area contributed by atoms with Crippen molar-refractivity contribution in [3.63, 3.8) is 0 Å². The summed E-state index contributed by atoms with van der Waals surface area (Å²) in [6.07, 6.45) is 3.17. The van der Waals surface area contributed by atoms with E-state index in [1.54, 1.807) is 6.20 Å². The van der Waals surface area contributed by atoms with Crippen molar-refractivity contribution in [2.75, 3.05) is 24.5 Å². The Morgan fingerprint density at radius 1 is 1.26 bits per heavy atom. The van der Waals surface area contributed by atoms with Gasteiger partial charge < -0.3 is 15.1 Å². The van der Waals surface area contributed by atoms with E-state index in [2.05, 4.69) is 39.4 Å². The predicted molar refractivity (Wildman–Crippen MR) is 105 cm³/mol. The summed E-state index contributed by atoms with van der Waals surface area (Å²) in [5.74, 6) is 1.05. The van der Waals surface area contributed by atoms with Gasteiger partial charge in [0.05, 0.1) is 6.54 Å². The second kappa shape index (κ2) is 7.39. The summed E-state index contributed by atoms with van der Waals surface area (Å²) in [5.41, 5.74) is 1.29. The number of nitrogens with one attached hydrogen (secondary N) is 1. The zero-order valence-corrected chi connectivity index (χ0v) is 15.5. The number of rotatable bonds is 5. The van der Waals surface area contributed by atoms with Crippen LogP contribution < -0.4 is 10.2 Å². The van der Waals surface area contributed by atoms with Crippen LogP contribution in [0.1, 0.15) is 31.2 Å². The molecule has 6 heteroatoms. The van der Waals surface area contributed by atoms with Crippen molar-refractivity contribution in [1.29, 1.82) is 0 Å². The van der Waals surface area contributed by atoms with Crippen molar-refractivity contribution in [3.8, 4) is 0 Å². The molecular weight excluding hydrogens is 340 g/mol. The predicted octanol–water partition coefficient (Wildman–Crippen LogP) is 2.73. The van der Waals surface area contributed by atoms with Crippen LogP contribution in [0.5, 0.6) is 0 Å². The normalized spacial score (nSPS) is 22.4. The standard InChI is InChI=1S/C21H24N4O2/c1-16(17-7-3-2-4-8-17)14-23-20(26)18-13-21(27-24-18)10-12-25(15-21)19-9-5-6-11-22-19/h2-9,11,16H,10,12-15H2,1H3,(H,23,26). The quantitative estimate of drug-likeness (QED) is 0.886. The minimum absolute atomic E-state index is 0.133. The zero-order valence-electron chi connectivity index (χ0n) is 15.5. The van der Waals surface area contributed by atoms with Crippen LogP contribution in [0.4, 0.5) is 5.82 Å². The van der Waals surface area contributed by atoms with Gasteiger partial charge in [-0.1, -0.05) is 48.5 Å². The highest BCUT2D eigenvalue weighted by Crippen LogP contribution is 2.35. The molecule has 2 unspecified atom stereocenters. The van der Waals surface area contributed by atoms with Crippen molar-refractivity contribution < 1.29 is 9.63 Å². The summed E-state index contributed by atoms with van der Waals surface area (Å²) in [5, 5.41) is 7.10. The number of pyridine rings is 1. The van der Waals surface area contributed by atoms with Crippen LogP contribution >= 0.6 is 0 Å². The average molecular weight is 364 g/mol. The Labute approximate surface area is 159 Å². The van der Waals surface area contributed by atoms with Crippen LogP contribution in [0.2, 0.25) is 0 Å². The van der Waals surface area contributed by atoms with Crippen LogP contribution in [-0.4, -0.2) is 41.8 Å². The van der Waals surface area contributed by atoms with Crippen LogP contribution in [0, 0.1) is 0 Å². The third-order valence-electron chi connectivity index (χ3n) is 5.33. The van der Waals surface area contributed by atoms with Gasteiger partial charge in [0.15, 0.2) is 5.60 Å². The minimum Gasteiger partial charge on any atom is -0.386 e. The molecule has 1 N–H and O–H groups in total. The van der Waals surface area contributed by atoms with E-state index in [9.17, 15) is 4.79 Å². The second-order valence-electron chi connectivity index (χ2n) is 7.37. The number of carbonyl (C=O) groups excluding carboxylic acids is 1. The Balaban J connectivity index is 1.31. The summed E-state index contributed by atoms with van der Waals surface area (Å²) in [7, 11) is 0. The van der Waals surface area contributed by atoms with Gasteiger partial charge in [0.1, 0.15) is 11.5 Å². The first-order valence-electron chi connectivity index (χ1n) is 9.39. The number of anilines is 1. The van der Waals surface area contributed by atoms with Gasteiger partial charge >= 0.3 is 0 Å². The second-order valence-corrected chi connectivity index (χ2v) is 7.37. The highest BCUT2D eigenvalue weighted by Gasteiger charge is 2.47. The minimum atomic E-state index is -0.407. The van der Waals surface area contributed by atoms with Crippen molar-refractivity contribution in [3.05, 3.63) is 60.3 Å². The summed E-state index contributed by atoms with van der Waals surface area (Å²) < 4.78 is 0. The van der Waals surface area contributed by atoms with Gasteiger partial charge in [0.25, 0.3) is 5.91 Å². The van der Waals surface area contributed by atoms with E-state index in [0.717, 1.165) is 18.8 Å². The first-order chi connectivity index (χ1) is 13.2. The van der Waals surface area contributed by atoms with Crippen molar-refractivity contribution in [2.45, 2.75) is 31.3 Å². The van der Waals surface area contributed by atoms with E-state index in [-0.39, 0.29) is 11.8 Å². The molecule has 4 rings (SSSR count). The number of nitrogens with zero attached hydrogens (tertiary/aromatic N) is 3. The number of carbonyl (C=O) groups is 1. The fourth-order valence-corrected chi connectivity index (χ4v) is 3.69. The Morgan fingerprint density at radius 2 is 2.07 bits per heavy atom. The van der Waals surface area contributed by atoms with E-state index in [1.807, 2.05) is 36.4 Å². The van der Waals surface area contributed by atoms with Crippen molar-refractivity contribution in [1.82, 2.24) is 10.3 Å². The molecule has 1 spiro atoms. The van der Waals surface area contributed by atoms with Gasteiger partial charge in [-0.05, 0) is 23.6 Å². The molecule has 2 aliphatic heterocycles. The molecule has 3 heterocycles. The molecule has 0 radical (unpaired) electrons. The van der Waals surface area contributed by atoms with Crippen molar-refractivity contribution >= 4 is 17.4 Å². The Kier molecular flexibility index (Phi) is 4.79. The third kappa shape index (κ3) is 3.79. The maximum atomic E-state index is 12.5. The highest BCUT2D eigenvalue weighted by atomic mass is 16.7. The van der Waals surface area contributed by atoms with E-state index >= 15 is 0 Å². The molecule has 2 atom stereocenters. The van der Waals surface area contributed by atoms with Gasteiger partial charge in [-0.2, -0.15) is 0 Å².